The molecule has 0 fully saturated rings. The molecule has 0 heterocycles. The van der Waals surface area contributed by atoms with E-state index in [4.69, 9.17) is 16.1 Å². The highest BCUT2D eigenvalue weighted by Crippen LogP contribution is 1.97. The number of carbonyl (C=O) groups is 1. The molecule has 0 aliphatic heterocycles. The summed E-state index contributed by atoms with van der Waals surface area (Å²) in [5.41, 5.74) is 5.21. The van der Waals surface area contributed by atoms with Crippen molar-refractivity contribution in [2.75, 3.05) is 13.1 Å². The van der Waals surface area contributed by atoms with Crippen molar-refractivity contribution in [3.05, 3.63) is 0 Å². The molecule has 0 aliphatic carbocycles. The number of aliphatic hydroxyl groups excluding tert-OH is 1. The first-order valence-electron chi connectivity index (χ1n) is 3.68. The van der Waals surface area contributed by atoms with Gasteiger partial charge < -0.3 is 15.7 Å². The number of amides is 1. The molecule has 0 saturated heterocycles. The first-order valence-corrected chi connectivity index (χ1v) is 3.68. The van der Waals surface area contributed by atoms with E-state index < -0.39 is 12.1 Å². The van der Waals surface area contributed by atoms with Crippen LogP contribution in [0.15, 0.2) is 0 Å². The third-order valence-electron chi connectivity index (χ3n) is 1.37. The van der Waals surface area contributed by atoms with Crippen LogP contribution >= 0.6 is 0 Å². The summed E-state index contributed by atoms with van der Waals surface area (Å²) >= 11 is 0. The number of carbonyl (C=O) groups excluding carboxylic acids is 1. The molecule has 0 radical (unpaired) electrons. The quantitative estimate of drug-likeness (QED) is 0.532. The average molecular weight is 171 g/mol. The minimum Gasteiger partial charge on any atom is -0.374 e. The SMILES string of the molecule is CC(O)N(CCN)C(=O)CC#N. The highest BCUT2D eigenvalue weighted by atomic mass is 16.3. The molecule has 1 amide bonds. The van der Waals surface area contributed by atoms with Crippen LogP contribution in [0.3, 0.4) is 0 Å². The molecule has 0 saturated carbocycles. The molecule has 5 heteroatoms. The van der Waals surface area contributed by atoms with Crippen molar-refractivity contribution < 1.29 is 9.90 Å². The summed E-state index contributed by atoms with van der Waals surface area (Å²) in [6.07, 6.45) is -1.10. The lowest BCUT2D eigenvalue weighted by Gasteiger charge is -2.23. The number of rotatable bonds is 4. The lowest BCUT2D eigenvalue weighted by molar-refractivity contribution is -0.138. The molecular weight excluding hydrogens is 158 g/mol. The van der Waals surface area contributed by atoms with Crippen molar-refractivity contribution in [3.8, 4) is 6.07 Å². The van der Waals surface area contributed by atoms with E-state index >= 15 is 0 Å². The second-order valence-corrected chi connectivity index (χ2v) is 2.34. The fourth-order valence-corrected chi connectivity index (χ4v) is 0.828. The van der Waals surface area contributed by atoms with E-state index in [2.05, 4.69) is 0 Å². The van der Waals surface area contributed by atoms with E-state index in [1.54, 1.807) is 6.07 Å². The Bertz CT molecular complexity index is 186. The van der Waals surface area contributed by atoms with E-state index in [1.807, 2.05) is 0 Å². The van der Waals surface area contributed by atoms with Crippen LogP contribution in [0.5, 0.6) is 0 Å². The van der Waals surface area contributed by atoms with Crippen molar-refractivity contribution in [1.82, 2.24) is 4.90 Å². The normalized spacial score (nSPS) is 11.8. The maximum absolute atomic E-state index is 11.1. The molecule has 0 rings (SSSR count). The number of nitriles is 1. The molecule has 0 aliphatic rings. The Hall–Kier alpha value is -1.12. The van der Waals surface area contributed by atoms with Crippen molar-refractivity contribution >= 4 is 5.91 Å². The van der Waals surface area contributed by atoms with Gasteiger partial charge in [0.05, 0.1) is 6.07 Å². The molecule has 0 aromatic heterocycles. The summed E-state index contributed by atoms with van der Waals surface area (Å²) < 4.78 is 0. The molecule has 68 valence electrons. The molecule has 1 unspecified atom stereocenters. The lowest BCUT2D eigenvalue weighted by Crippen LogP contribution is -2.41. The van der Waals surface area contributed by atoms with Gasteiger partial charge >= 0.3 is 0 Å². The number of hydrogen-bond donors (Lipinski definition) is 2. The minimum absolute atomic E-state index is 0.217. The van der Waals surface area contributed by atoms with Crippen LogP contribution in [0.1, 0.15) is 13.3 Å². The molecule has 0 bridgehead atoms. The second kappa shape index (κ2) is 5.52. The summed E-state index contributed by atoms with van der Waals surface area (Å²) in [5, 5.41) is 17.3. The third-order valence-corrected chi connectivity index (χ3v) is 1.37. The molecular formula is C7H13N3O2. The van der Waals surface area contributed by atoms with Crippen LogP contribution in [0.2, 0.25) is 0 Å². The molecule has 5 nitrogen and oxygen atoms in total. The van der Waals surface area contributed by atoms with Gasteiger partial charge in [0.25, 0.3) is 0 Å². The average Bonchev–Trinajstić information content (AvgIpc) is 1.99. The smallest absolute Gasteiger partial charge is 0.238 e. The zero-order valence-electron chi connectivity index (χ0n) is 7.03. The van der Waals surface area contributed by atoms with E-state index in [9.17, 15) is 4.79 Å². The molecule has 3 N–H and O–H groups in total. The molecule has 0 spiro atoms. The van der Waals surface area contributed by atoms with Crippen LogP contribution in [0.25, 0.3) is 0 Å². The monoisotopic (exact) mass is 171 g/mol. The van der Waals surface area contributed by atoms with Crippen LogP contribution in [-0.4, -0.2) is 35.2 Å². The molecule has 12 heavy (non-hydrogen) atoms. The first-order chi connectivity index (χ1) is 5.63. The van der Waals surface area contributed by atoms with Gasteiger partial charge in [-0.25, -0.2) is 0 Å². The van der Waals surface area contributed by atoms with Gasteiger partial charge in [0.2, 0.25) is 5.91 Å². The largest absolute Gasteiger partial charge is 0.374 e. The van der Waals surface area contributed by atoms with Gasteiger partial charge in [-0.2, -0.15) is 5.26 Å². The van der Waals surface area contributed by atoms with Gasteiger partial charge in [0, 0.05) is 13.1 Å². The fraction of sp³-hybridized carbons (Fsp3) is 0.714. The van der Waals surface area contributed by atoms with Crippen LogP contribution in [0, 0.1) is 11.3 Å². The third kappa shape index (κ3) is 3.32. The Balaban J connectivity index is 4.11. The Kier molecular flexibility index (Phi) is 5.00. The van der Waals surface area contributed by atoms with Gasteiger partial charge in [-0.05, 0) is 6.92 Å². The first kappa shape index (κ1) is 10.9. The van der Waals surface area contributed by atoms with E-state index in [1.165, 1.54) is 11.8 Å². The van der Waals surface area contributed by atoms with Gasteiger partial charge in [-0.1, -0.05) is 0 Å². The predicted octanol–water partition coefficient (Wildman–Crippen LogP) is -0.974. The molecule has 0 aromatic rings. The Morgan fingerprint density at radius 2 is 2.42 bits per heavy atom. The standard InChI is InChI=1S/C7H13N3O2/c1-6(11)10(5-4-9)7(12)2-3-8/h6,11H,2,4-5,9H2,1H3. The number of hydrogen-bond acceptors (Lipinski definition) is 4. The van der Waals surface area contributed by atoms with E-state index in [0.717, 1.165) is 0 Å². The van der Waals surface area contributed by atoms with Crippen molar-refractivity contribution in [1.29, 1.82) is 5.26 Å². The van der Waals surface area contributed by atoms with Crippen LogP contribution in [-0.2, 0) is 4.79 Å². The highest BCUT2D eigenvalue weighted by Gasteiger charge is 2.15. The molecule has 1 atom stereocenters. The summed E-state index contributed by atoms with van der Waals surface area (Å²) in [6, 6.07) is 1.72. The Morgan fingerprint density at radius 1 is 1.83 bits per heavy atom. The zero-order chi connectivity index (χ0) is 9.56. The second-order valence-electron chi connectivity index (χ2n) is 2.34. The Morgan fingerprint density at radius 3 is 2.75 bits per heavy atom. The van der Waals surface area contributed by atoms with E-state index in [0.29, 0.717) is 0 Å². The maximum atomic E-state index is 11.1. The fourth-order valence-electron chi connectivity index (χ4n) is 0.828. The zero-order valence-corrected chi connectivity index (χ0v) is 7.03. The summed E-state index contributed by atoms with van der Waals surface area (Å²) in [6.45, 7) is 2.02. The van der Waals surface area contributed by atoms with E-state index in [-0.39, 0.29) is 19.5 Å². The van der Waals surface area contributed by atoms with Crippen LogP contribution in [0.4, 0.5) is 0 Å². The van der Waals surface area contributed by atoms with Gasteiger partial charge in [-0.3, -0.25) is 4.79 Å². The van der Waals surface area contributed by atoms with Gasteiger partial charge in [0.1, 0.15) is 12.6 Å². The van der Waals surface area contributed by atoms with Crippen molar-refractivity contribution in [3.63, 3.8) is 0 Å². The highest BCUT2D eigenvalue weighted by molar-refractivity contribution is 5.78. The summed E-state index contributed by atoms with van der Waals surface area (Å²) in [7, 11) is 0. The van der Waals surface area contributed by atoms with Crippen molar-refractivity contribution in [2.45, 2.75) is 19.6 Å². The number of nitrogens with zero attached hydrogens (tertiary/aromatic N) is 2. The summed E-state index contributed by atoms with van der Waals surface area (Å²) in [5.74, 6) is -0.391. The number of nitrogens with two attached hydrogens (primary N) is 1. The topological polar surface area (TPSA) is 90.3 Å². The van der Waals surface area contributed by atoms with Crippen LogP contribution < -0.4 is 5.73 Å². The number of aliphatic hydroxyl groups is 1. The van der Waals surface area contributed by atoms with Crippen molar-refractivity contribution in [2.24, 2.45) is 5.73 Å². The lowest BCUT2D eigenvalue weighted by atomic mass is 10.3. The maximum Gasteiger partial charge on any atom is 0.238 e. The Labute approximate surface area is 71.4 Å². The summed E-state index contributed by atoms with van der Waals surface area (Å²) in [4.78, 5) is 12.2. The minimum atomic E-state index is -0.880. The predicted molar refractivity (Wildman–Crippen MR) is 42.7 cm³/mol. The van der Waals surface area contributed by atoms with Gasteiger partial charge in [0.15, 0.2) is 0 Å². The molecule has 0 aromatic carbocycles. The van der Waals surface area contributed by atoms with Gasteiger partial charge in [-0.15, -0.1) is 0 Å².